The highest BCUT2D eigenvalue weighted by Gasteiger charge is 2.23. The number of piperazine rings is 1. The third-order valence-corrected chi connectivity index (χ3v) is 9.04. The number of hydrogen-bond acceptors (Lipinski definition) is 4. The Morgan fingerprint density at radius 1 is 0.919 bits per heavy atom. The maximum absolute atomic E-state index is 13.2. The number of anilines is 3. The van der Waals surface area contributed by atoms with Crippen molar-refractivity contribution in [2.45, 2.75) is 11.8 Å². The summed E-state index contributed by atoms with van der Waals surface area (Å²) in [5.41, 5.74) is 3.48. The second kappa shape index (κ2) is 12.0. The second-order valence-corrected chi connectivity index (χ2v) is 12.5. The van der Waals surface area contributed by atoms with Crippen molar-refractivity contribution in [3.8, 4) is 0 Å². The van der Waals surface area contributed by atoms with Gasteiger partial charge in [0.15, 0.2) is 0 Å². The molecule has 3 aromatic rings. The molecule has 1 saturated heterocycles. The molecule has 1 aliphatic rings. The summed E-state index contributed by atoms with van der Waals surface area (Å²) in [5, 5.41) is 4.07. The first-order chi connectivity index (χ1) is 17.6. The van der Waals surface area contributed by atoms with Crippen LogP contribution in [0.1, 0.15) is 15.9 Å². The van der Waals surface area contributed by atoms with Crippen LogP contribution in [0.5, 0.6) is 0 Å². The molecule has 196 valence electrons. The fourth-order valence-corrected chi connectivity index (χ4v) is 6.19. The number of rotatable bonds is 7. The minimum absolute atomic E-state index is 0.304. The smallest absolute Gasteiger partial charge is 0.257 e. The molecule has 0 spiro atoms. The van der Waals surface area contributed by atoms with Gasteiger partial charge in [0, 0.05) is 60.9 Å². The number of amides is 1. The van der Waals surface area contributed by atoms with Crippen molar-refractivity contribution in [1.82, 2.24) is 4.31 Å². The molecule has 1 fully saturated rings. The molecule has 1 aliphatic heterocycles. The summed E-state index contributed by atoms with van der Waals surface area (Å²) in [6, 6.07) is 17.9. The molecule has 4 rings (SSSR count). The monoisotopic (exact) mass is 578 g/mol. The lowest BCUT2D eigenvalue weighted by Crippen LogP contribution is -2.46. The van der Waals surface area contributed by atoms with Gasteiger partial charge in [0.1, 0.15) is 22.0 Å². The van der Waals surface area contributed by atoms with Crippen molar-refractivity contribution in [3.63, 3.8) is 0 Å². The molecule has 0 aromatic heterocycles. The Kier molecular flexibility index (Phi) is 8.92. The highest BCUT2D eigenvalue weighted by Crippen LogP contribution is 2.27. The zero-order valence-electron chi connectivity index (χ0n) is 20.7. The molecule has 0 aliphatic carbocycles. The second-order valence-electron chi connectivity index (χ2n) is 8.71. The Balaban J connectivity index is 1.40. The van der Waals surface area contributed by atoms with Crippen molar-refractivity contribution < 1.29 is 13.2 Å². The summed E-state index contributed by atoms with van der Waals surface area (Å²) in [7, 11) is -0.905. The van der Waals surface area contributed by atoms with Crippen LogP contribution in [0.4, 0.5) is 17.1 Å². The average molecular weight is 580 g/mol. The van der Waals surface area contributed by atoms with E-state index in [1.54, 1.807) is 60.1 Å². The molecule has 2 unspecified atom stereocenters. The molecule has 11 heteroatoms. The minimum atomic E-state index is -1.32. The van der Waals surface area contributed by atoms with Crippen molar-refractivity contribution >= 4 is 68.1 Å². The zero-order valence-corrected chi connectivity index (χ0v) is 23.9. The third-order valence-electron chi connectivity index (χ3n) is 6.12. The summed E-state index contributed by atoms with van der Waals surface area (Å²) >= 11 is 12.3. The number of nitrogens with one attached hydrogen (secondary N) is 1. The van der Waals surface area contributed by atoms with Gasteiger partial charge >= 0.3 is 0 Å². The first-order valence-corrected chi connectivity index (χ1v) is 15.0. The number of carbonyl (C=O) groups is 1. The van der Waals surface area contributed by atoms with Gasteiger partial charge in [-0.1, -0.05) is 34.8 Å². The highest BCUT2D eigenvalue weighted by molar-refractivity contribution is 7.85. The van der Waals surface area contributed by atoms with Crippen LogP contribution in [0.15, 0.2) is 65.6 Å². The molecule has 1 heterocycles. The van der Waals surface area contributed by atoms with Gasteiger partial charge in [0.2, 0.25) is 0 Å². The largest absolute Gasteiger partial charge is 0.369 e. The summed E-state index contributed by atoms with van der Waals surface area (Å²) in [4.78, 5) is 15.9. The SMILES string of the molecule is Cc1ccc(N(C)S(C)=O)c(C(=O)Nc2ccc(S(=O)N3CCN(c4cc(Cl)cc(Cl)c4)CC3)cc2)c1. The number of carbonyl (C=O) groups excluding carboxylic acids is 1. The molecule has 3 aromatic carbocycles. The molecule has 7 nitrogen and oxygen atoms in total. The van der Waals surface area contributed by atoms with Crippen LogP contribution in [0.25, 0.3) is 0 Å². The summed E-state index contributed by atoms with van der Waals surface area (Å²) < 4.78 is 28.6. The summed E-state index contributed by atoms with van der Waals surface area (Å²) in [5.74, 6) is -0.304. The maximum Gasteiger partial charge on any atom is 0.257 e. The van der Waals surface area contributed by atoms with Crippen molar-refractivity contribution in [2.24, 2.45) is 0 Å². The Hall–Kier alpha value is -2.43. The van der Waals surface area contributed by atoms with Crippen LogP contribution in [-0.2, 0) is 22.0 Å². The van der Waals surface area contributed by atoms with Crippen LogP contribution in [0.3, 0.4) is 0 Å². The fraction of sp³-hybridized carbons (Fsp3) is 0.269. The molecule has 0 radical (unpaired) electrons. The predicted octanol–water partition coefficient (Wildman–Crippen LogP) is 5.13. The van der Waals surface area contributed by atoms with Gasteiger partial charge in [0.05, 0.1) is 16.1 Å². The molecule has 2 atom stereocenters. The quantitative estimate of drug-likeness (QED) is 0.422. The molecule has 0 saturated carbocycles. The van der Waals surface area contributed by atoms with E-state index in [0.717, 1.165) is 11.3 Å². The van der Waals surface area contributed by atoms with Gasteiger partial charge in [-0.15, -0.1) is 0 Å². The molecular weight excluding hydrogens is 551 g/mol. The summed E-state index contributed by atoms with van der Waals surface area (Å²) in [6.07, 6.45) is 1.56. The predicted molar refractivity (Wildman–Crippen MR) is 155 cm³/mol. The number of halogens is 2. The Bertz CT molecular complexity index is 1330. The normalized spacial score (nSPS) is 15.8. The number of nitrogens with zero attached hydrogens (tertiary/aromatic N) is 3. The first-order valence-electron chi connectivity index (χ1n) is 11.6. The molecule has 37 heavy (non-hydrogen) atoms. The minimum Gasteiger partial charge on any atom is -0.369 e. The van der Waals surface area contributed by atoms with Gasteiger partial charge in [-0.3, -0.25) is 9.10 Å². The maximum atomic E-state index is 13.2. The van der Waals surface area contributed by atoms with E-state index in [1.807, 2.05) is 29.4 Å². The van der Waals surface area contributed by atoms with Crippen LogP contribution < -0.4 is 14.5 Å². The molecular formula is C26H28Cl2N4O3S2. The van der Waals surface area contributed by atoms with E-state index in [4.69, 9.17) is 23.2 Å². The van der Waals surface area contributed by atoms with Crippen molar-refractivity contribution in [1.29, 1.82) is 0 Å². The zero-order chi connectivity index (χ0) is 26.7. The lowest BCUT2D eigenvalue weighted by molar-refractivity contribution is 0.102. The average Bonchev–Trinajstić information content (AvgIpc) is 2.87. The van der Waals surface area contributed by atoms with E-state index < -0.39 is 22.0 Å². The topological polar surface area (TPSA) is 73.0 Å². The van der Waals surface area contributed by atoms with Gasteiger partial charge in [-0.25, -0.2) is 12.7 Å². The van der Waals surface area contributed by atoms with Crippen LogP contribution >= 0.6 is 23.2 Å². The van der Waals surface area contributed by atoms with E-state index in [0.29, 0.717) is 58.1 Å². The van der Waals surface area contributed by atoms with Crippen LogP contribution in [-0.4, -0.2) is 58.1 Å². The number of aryl methyl sites for hydroxylation is 1. The fourth-order valence-electron chi connectivity index (χ4n) is 4.08. The van der Waals surface area contributed by atoms with E-state index in [-0.39, 0.29) is 5.91 Å². The highest BCUT2D eigenvalue weighted by atomic mass is 35.5. The Morgan fingerprint density at radius 3 is 2.14 bits per heavy atom. The van der Waals surface area contributed by atoms with Crippen molar-refractivity contribution in [2.75, 3.05) is 54.0 Å². The molecule has 1 N–H and O–H groups in total. The van der Waals surface area contributed by atoms with Crippen molar-refractivity contribution in [3.05, 3.63) is 81.8 Å². The first kappa shape index (κ1) is 27.6. The lowest BCUT2D eigenvalue weighted by atomic mass is 10.1. The van der Waals surface area contributed by atoms with E-state index in [2.05, 4.69) is 10.2 Å². The van der Waals surface area contributed by atoms with Gasteiger partial charge < -0.3 is 10.2 Å². The Morgan fingerprint density at radius 2 is 1.54 bits per heavy atom. The van der Waals surface area contributed by atoms with Crippen LogP contribution in [0.2, 0.25) is 10.0 Å². The molecule has 0 bridgehead atoms. The lowest BCUT2D eigenvalue weighted by Gasteiger charge is -2.35. The van der Waals surface area contributed by atoms with Gasteiger partial charge in [-0.05, 0) is 61.5 Å². The standard InChI is InChI=1S/C26H28Cl2N4O3S2/c1-18-4-9-25(30(2)36(3)34)24(14-18)26(33)29-21-5-7-23(8-6-21)37(35)32-12-10-31(11-13-32)22-16-19(27)15-20(28)17-22/h4-9,14-17H,10-13H2,1-3H3,(H,29,33). The summed E-state index contributed by atoms with van der Waals surface area (Å²) in [6.45, 7) is 4.55. The van der Waals surface area contributed by atoms with Gasteiger partial charge in [-0.2, -0.15) is 0 Å². The van der Waals surface area contributed by atoms with Crippen LogP contribution in [0, 0.1) is 6.92 Å². The third kappa shape index (κ3) is 6.72. The Labute approximate surface area is 232 Å². The van der Waals surface area contributed by atoms with E-state index in [9.17, 15) is 13.2 Å². The molecule has 1 amide bonds. The van der Waals surface area contributed by atoms with Gasteiger partial charge in [0.25, 0.3) is 5.91 Å². The van der Waals surface area contributed by atoms with E-state index >= 15 is 0 Å². The van der Waals surface area contributed by atoms with E-state index in [1.165, 1.54) is 0 Å². The number of hydrogen-bond donors (Lipinski definition) is 1. The number of benzene rings is 3.